The predicted molar refractivity (Wildman–Crippen MR) is 99.8 cm³/mol. The maximum absolute atomic E-state index is 11.7. The third kappa shape index (κ3) is 3.67. The molecule has 0 radical (unpaired) electrons. The topological polar surface area (TPSA) is 44.8 Å². The lowest BCUT2D eigenvalue weighted by Crippen LogP contribution is -2.46. The maximum Gasteiger partial charge on any atom is 0.309 e. The van der Waals surface area contributed by atoms with Crippen LogP contribution < -0.4 is 0 Å². The van der Waals surface area contributed by atoms with Gasteiger partial charge in [0.1, 0.15) is 0 Å². The minimum absolute atomic E-state index is 0.0458. The fourth-order valence-electron chi connectivity index (χ4n) is 3.19. The molecule has 0 bridgehead atoms. The van der Waals surface area contributed by atoms with Gasteiger partial charge in [0.05, 0.1) is 26.7 Å². The van der Waals surface area contributed by atoms with E-state index in [-0.39, 0.29) is 17.8 Å². The molecule has 0 N–H and O–H groups in total. The molecule has 26 heavy (non-hydrogen) atoms. The van der Waals surface area contributed by atoms with Crippen molar-refractivity contribution in [2.75, 3.05) is 20.3 Å². The zero-order chi connectivity index (χ0) is 18.8. The summed E-state index contributed by atoms with van der Waals surface area (Å²) in [5, 5.41) is 0. The molecule has 1 aliphatic heterocycles. The Hall–Kier alpha value is -2.17. The second-order valence-electron chi connectivity index (χ2n) is 7.63. The van der Waals surface area contributed by atoms with Crippen LogP contribution in [0.25, 0.3) is 0 Å². The van der Waals surface area contributed by atoms with Gasteiger partial charge in [-0.05, 0) is 24.1 Å². The van der Waals surface area contributed by atoms with Gasteiger partial charge in [-0.2, -0.15) is 0 Å². The third-order valence-corrected chi connectivity index (χ3v) is 4.72. The number of benzene rings is 2. The van der Waals surface area contributed by atoms with Crippen molar-refractivity contribution in [3.8, 4) is 0 Å². The molecule has 0 unspecified atom stereocenters. The standard InChI is InChI=1S/C22H26O4/c1-16-10-11-17(13-20(23)24-4)12-19(16)22(18-8-6-5-7-9-18)25-14-21(2,3)15-26-22/h5-12H,13-15H2,1-4H3. The van der Waals surface area contributed by atoms with E-state index in [1.165, 1.54) is 7.11 Å². The van der Waals surface area contributed by atoms with Gasteiger partial charge in [0.15, 0.2) is 0 Å². The molecule has 2 aromatic rings. The van der Waals surface area contributed by atoms with E-state index in [0.717, 1.165) is 22.3 Å². The van der Waals surface area contributed by atoms with E-state index >= 15 is 0 Å². The van der Waals surface area contributed by atoms with Crippen LogP contribution in [0.5, 0.6) is 0 Å². The highest BCUT2D eigenvalue weighted by atomic mass is 16.7. The molecule has 138 valence electrons. The predicted octanol–water partition coefficient (Wildman–Crippen LogP) is 3.98. The number of esters is 1. The lowest BCUT2D eigenvalue weighted by atomic mass is 9.88. The van der Waals surface area contributed by atoms with E-state index in [0.29, 0.717) is 13.2 Å². The van der Waals surface area contributed by atoms with Gasteiger partial charge >= 0.3 is 5.97 Å². The number of carbonyl (C=O) groups is 1. The van der Waals surface area contributed by atoms with E-state index in [4.69, 9.17) is 14.2 Å². The SMILES string of the molecule is COC(=O)Cc1ccc(C)c(C2(c3ccccc3)OCC(C)(C)CO2)c1. The number of aryl methyl sites for hydroxylation is 1. The van der Waals surface area contributed by atoms with Gasteiger partial charge in [0.25, 0.3) is 0 Å². The second kappa shape index (κ2) is 7.22. The minimum Gasteiger partial charge on any atom is -0.469 e. The molecule has 2 aromatic carbocycles. The molecular formula is C22H26O4. The van der Waals surface area contributed by atoms with Crippen LogP contribution in [0, 0.1) is 12.3 Å². The van der Waals surface area contributed by atoms with Gasteiger partial charge < -0.3 is 14.2 Å². The van der Waals surface area contributed by atoms with Crippen LogP contribution in [0.15, 0.2) is 48.5 Å². The van der Waals surface area contributed by atoms with Crippen molar-refractivity contribution in [3.63, 3.8) is 0 Å². The molecule has 1 heterocycles. The molecular weight excluding hydrogens is 328 g/mol. The van der Waals surface area contributed by atoms with Gasteiger partial charge in [-0.25, -0.2) is 0 Å². The summed E-state index contributed by atoms with van der Waals surface area (Å²) in [5.74, 6) is -1.23. The van der Waals surface area contributed by atoms with Gasteiger partial charge in [-0.3, -0.25) is 4.79 Å². The third-order valence-electron chi connectivity index (χ3n) is 4.72. The molecule has 4 nitrogen and oxygen atoms in total. The van der Waals surface area contributed by atoms with Gasteiger partial charge in [-0.1, -0.05) is 56.3 Å². The number of methoxy groups -OCH3 is 1. The molecule has 1 fully saturated rings. The zero-order valence-corrected chi connectivity index (χ0v) is 15.9. The monoisotopic (exact) mass is 354 g/mol. The number of carbonyl (C=O) groups excluding carboxylic acids is 1. The van der Waals surface area contributed by atoms with Crippen molar-refractivity contribution in [1.29, 1.82) is 0 Å². The largest absolute Gasteiger partial charge is 0.469 e. The van der Waals surface area contributed by atoms with E-state index < -0.39 is 5.79 Å². The zero-order valence-electron chi connectivity index (χ0n) is 15.9. The Kier molecular flexibility index (Phi) is 5.17. The summed E-state index contributed by atoms with van der Waals surface area (Å²) in [6, 6.07) is 15.9. The Morgan fingerprint density at radius 3 is 2.35 bits per heavy atom. The maximum atomic E-state index is 11.7. The highest BCUT2D eigenvalue weighted by molar-refractivity contribution is 5.72. The Bertz CT molecular complexity index is 770. The summed E-state index contributed by atoms with van der Waals surface area (Å²) in [6.07, 6.45) is 0.222. The first-order chi connectivity index (χ1) is 12.4. The van der Waals surface area contributed by atoms with Crippen LogP contribution >= 0.6 is 0 Å². The van der Waals surface area contributed by atoms with E-state index in [2.05, 4.69) is 13.8 Å². The van der Waals surface area contributed by atoms with E-state index in [1.807, 2.05) is 55.5 Å². The average molecular weight is 354 g/mol. The highest BCUT2D eigenvalue weighted by Crippen LogP contribution is 2.43. The van der Waals surface area contributed by atoms with Crippen LogP contribution in [0.4, 0.5) is 0 Å². The smallest absolute Gasteiger partial charge is 0.309 e. The molecule has 1 aliphatic rings. The van der Waals surface area contributed by atoms with Crippen LogP contribution in [0.2, 0.25) is 0 Å². The number of hydrogen-bond acceptors (Lipinski definition) is 4. The minimum atomic E-state index is -0.965. The first-order valence-corrected chi connectivity index (χ1v) is 8.87. The number of rotatable bonds is 4. The summed E-state index contributed by atoms with van der Waals surface area (Å²) in [6.45, 7) is 7.46. The van der Waals surface area contributed by atoms with E-state index in [1.54, 1.807) is 0 Å². The summed E-state index contributed by atoms with van der Waals surface area (Å²) in [4.78, 5) is 11.7. The van der Waals surface area contributed by atoms with Crippen molar-refractivity contribution >= 4 is 5.97 Å². The summed E-state index contributed by atoms with van der Waals surface area (Å²) < 4.78 is 17.6. The van der Waals surface area contributed by atoms with Crippen LogP contribution in [0.3, 0.4) is 0 Å². The summed E-state index contributed by atoms with van der Waals surface area (Å²) in [7, 11) is 1.40. The van der Waals surface area contributed by atoms with Gasteiger partial charge in [0, 0.05) is 16.5 Å². The van der Waals surface area contributed by atoms with Crippen molar-refractivity contribution < 1.29 is 19.0 Å². The normalized spacial score (nSPS) is 18.3. The van der Waals surface area contributed by atoms with Crippen molar-refractivity contribution in [2.45, 2.75) is 33.0 Å². The van der Waals surface area contributed by atoms with Crippen molar-refractivity contribution in [3.05, 3.63) is 70.8 Å². The number of hydrogen-bond donors (Lipinski definition) is 0. The first kappa shape index (κ1) is 18.6. The van der Waals surface area contributed by atoms with Crippen LogP contribution in [-0.2, 0) is 31.2 Å². The lowest BCUT2D eigenvalue weighted by molar-refractivity contribution is -0.284. The lowest BCUT2D eigenvalue weighted by Gasteiger charge is -2.44. The molecule has 0 spiro atoms. The fraction of sp³-hybridized carbons (Fsp3) is 0.409. The Labute approximate surface area is 155 Å². The molecule has 0 aliphatic carbocycles. The molecule has 3 rings (SSSR count). The van der Waals surface area contributed by atoms with Crippen LogP contribution in [-0.4, -0.2) is 26.3 Å². The second-order valence-corrected chi connectivity index (χ2v) is 7.63. The quantitative estimate of drug-likeness (QED) is 0.779. The molecule has 0 aromatic heterocycles. The average Bonchev–Trinajstić information content (AvgIpc) is 2.64. The Morgan fingerprint density at radius 1 is 1.08 bits per heavy atom. The van der Waals surface area contributed by atoms with E-state index in [9.17, 15) is 4.79 Å². The molecule has 0 amide bonds. The van der Waals surface area contributed by atoms with Crippen molar-refractivity contribution in [1.82, 2.24) is 0 Å². The highest BCUT2D eigenvalue weighted by Gasteiger charge is 2.44. The number of ether oxygens (including phenoxy) is 3. The summed E-state index contributed by atoms with van der Waals surface area (Å²) >= 11 is 0. The van der Waals surface area contributed by atoms with Gasteiger partial charge in [0.2, 0.25) is 5.79 Å². The molecule has 1 saturated heterocycles. The Balaban J connectivity index is 2.08. The van der Waals surface area contributed by atoms with Crippen molar-refractivity contribution in [2.24, 2.45) is 5.41 Å². The van der Waals surface area contributed by atoms with Gasteiger partial charge in [-0.15, -0.1) is 0 Å². The molecule has 0 saturated carbocycles. The summed E-state index contributed by atoms with van der Waals surface area (Å²) in [5.41, 5.74) is 3.77. The molecule has 0 atom stereocenters. The Morgan fingerprint density at radius 2 is 1.73 bits per heavy atom. The fourth-order valence-corrected chi connectivity index (χ4v) is 3.19. The first-order valence-electron chi connectivity index (χ1n) is 8.87. The molecule has 4 heteroatoms. The van der Waals surface area contributed by atoms with Crippen LogP contribution in [0.1, 0.15) is 36.1 Å².